The molecule has 0 radical (unpaired) electrons. The van der Waals surface area contributed by atoms with Gasteiger partial charge in [0.1, 0.15) is 5.75 Å². The summed E-state index contributed by atoms with van der Waals surface area (Å²) in [6.45, 7) is 13.3. The fourth-order valence-corrected chi connectivity index (χ4v) is 4.98. The maximum Gasteiger partial charge on any atom is 2.00 e. The van der Waals surface area contributed by atoms with Gasteiger partial charge in [0.05, 0.1) is 26.7 Å². The first-order valence-electron chi connectivity index (χ1n) is 14.7. The number of hydrogen-bond acceptors (Lipinski definition) is 4. The molecule has 0 atom stereocenters. The van der Waals surface area contributed by atoms with E-state index in [4.69, 9.17) is 27.7 Å². The molecule has 10 heteroatoms. The second-order valence-corrected chi connectivity index (χ2v) is 12.6. The Bertz CT molecular complexity index is 1900. The Kier molecular flexibility index (Phi) is 13.8. The zero-order valence-corrected chi connectivity index (χ0v) is 31.0. The van der Waals surface area contributed by atoms with Crippen LogP contribution >= 0.6 is 23.2 Å². The van der Waals surface area contributed by atoms with Crippen LogP contribution in [-0.2, 0) is 37.8 Å². The van der Waals surface area contributed by atoms with Crippen molar-refractivity contribution in [3.63, 3.8) is 0 Å². The maximum absolute atomic E-state index is 13.3. The van der Waals surface area contributed by atoms with Gasteiger partial charge in [-0.1, -0.05) is 79.5 Å². The van der Waals surface area contributed by atoms with Crippen molar-refractivity contribution in [2.75, 3.05) is 0 Å². The summed E-state index contributed by atoms with van der Waals surface area (Å²) in [6, 6.07) is 32.8. The summed E-state index contributed by atoms with van der Waals surface area (Å²) in [7, 11) is 0. The largest absolute Gasteiger partial charge is 2.00 e. The molecule has 250 valence electrons. The van der Waals surface area contributed by atoms with Gasteiger partial charge < -0.3 is 9.63 Å². The predicted molar refractivity (Wildman–Crippen MR) is 188 cm³/mol. The number of aromatic nitrogens is 2. The second kappa shape index (κ2) is 17.1. The number of phenolic OH excluding ortho intramolecular Hbond substituents is 1. The maximum atomic E-state index is 13.3. The molecule has 1 heterocycles. The summed E-state index contributed by atoms with van der Waals surface area (Å²) in [4.78, 5) is 4.36. The number of rotatable bonds is 3. The molecular formula is C39H33Cl2F3N2O2Zr. The van der Waals surface area contributed by atoms with E-state index in [1.54, 1.807) is 30.3 Å². The topological polar surface area (TPSA) is 59.2 Å². The van der Waals surface area contributed by atoms with Crippen molar-refractivity contribution >= 4 is 23.2 Å². The van der Waals surface area contributed by atoms with Gasteiger partial charge in [-0.05, 0) is 52.9 Å². The molecule has 0 saturated carbocycles. The third-order valence-corrected chi connectivity index (χ3v) is 7.64. The number of benzene rings is 5. The van der Waals surface area contributed by atoms with Crippen molar-refractivity contribution in [2.24, 2.45) is 0 Å². The van der Waals surface area contributed by atoms with Gasteiger partial charge in [0.2, 0.25) is 5.82 Å². The SMILES string of the molecule is CC(C)(C)c1cc(-c2cccc(C(F)(F)F)c2)c(O)c(-c2nc(-c3c(Cl)cccc3Cl)no2)c1.[CH2-]c1ccccc1.[CH2-]c1ccccc1.[Zr+2]. The summed E-state index contributed by atoms with van der Waals surface area (Å²) < 4.78 is 45.3. The smallest absolute Gasteiger partial charge is 0.506 e. The van der Waals surface area contributed by atoms with Gasteiger partial charge in [0.25, 0.3) is 5.89 Å². The summed E-state index contributed by atoms with van der Waals surface area (Å²) in [5, 5.41) is 15.7. The van der Waals surface area contributed by atoms with Gasteiger partial charge in [-0.3, -0.25) is 0 Å². The van der Waals surface area contributed by atoms with E-state index in [0.29, 0.717) is 15.6 Å². The number of alkyl halides is 3. The first-order chi connectivity index (χ1) is 22.6. The molecule has 1 N–H and O–H groups in total. The molecule has 6 aromatic rings. The van der Waals surface area contributed by atoms with Crippen LogP contribution in [0.25, 0.3) is 34.0 Å². The molecule has 1 aromatic heterocycles. The van der Waals surface area contributed by atoms with E-state index in [1.165, 1.54) is 12.1 Å². The van der Waals surface area contributed by atoms with E-state index in [1.807, 2.05) is 81.4 Å². The zero-order valence-electron chi connectivity index (χ0n) is 27.0. The molecule has 5 aromatic carbocycles. The Balaban J connectivity index is 0.000000357. The fraction of sp³-hybridized carbons (Fsp3) is 0.128. The van der Waals surface area contributed by atoms with E-state index >= 15 is 0 Å². The molecule has 49 heavy (non-hydrogen) atoms. The summed E-state index contributed by atoms with van der Waals surface area (Å²) in [5.74, 6) is -0.192. The van der Waals surface area contributed by atoms with Gasteiger partial charge >= 0.3 is 32.4 Å². The molecule has 0 fully saturated rings. The van der Waals surface area contributed by atoms with Crippen LogP contribution in [0.4, 0.5) is 13.2 Å². The van der Waals surface area contributed by atoms with E-state index in [0.717, 1.165) is 28.8 Å². The van der Waals surface area contributed by atoms with E-state index in [-0.39, 0.29) is 60.4 Å². The van der Waals surface area contributed by atoms with Crippen molar-refractivity contribution in [1.82, 2.24) is 10.1 Å². The van der Waals surface area contributed by atoms with Crippen LogP contribution in [0.2, 0.25) is 10.0 Å². The van der Waals surface area contributed by atoms with Crippen LogP contribution in [0.1, 0.15) is 43.0 Å². The number of phenols is 1. The first kappa shape index (κ1) is 39.5. The average molecular weight is 781 g/mol. The fourth-order valence-electron chi connectivity index (χ4n) is 4.42. The third kappa shape index (κ3) is 10.8. The Morgan fingerprint density at radius 2 is 1.18 bits per heavy atom. The minimum absolute atomic E-state index is 0. The van der Waals surface area contributed by atoms with Crippen molar-refractivity contribution in [3.8, 4) is 39.7 Å². The molecule has 6 rings (SSSR count). The van der Waals surface area contributed by atoms with Crippen molar-refractivity contribution < 1.29 is 49.0 Å². The number of halogens is 5. The minimum atomic E-state index is -4.52. The Morgan fingerprint density at radius 3 is 1.65 bits per heavy atom. The minimum Gasteiger partial charge on any atom is -0.506 e. The Morgan fingerprint density at radius 1 is 0.673 bits per heavy atom. The van der Waals surface area contributed by atoms with Gasteiger partial charge in [0, 0.05) is 5.56 Å². The second-order valence-electron chi connectivity index (χ2n) is 11.7. The standard InChI is InChI=1S/C25H19Cl2F3N2O2.2C7H7.Zr/c1-24(2,3)15-11-16(13-6-4-7-14(10-13)25(28,29)30)21(33)17(12-15)23-31-22(32-34-23)20-18(26)8-5-9-19(20)27;2*1-7-5-3-2-4-6-7;/h4-12,33H,1-3H3;2*2-6H,1H2;/q;2*-1;+2. The molecule has 0 unspecified atom stereocenters. The van der Waals surface area contributed by atoms with Crippen LogP contribution < -0.4 is 0 Å². The van der Waals surface area contributed by atoms with Crippen LogP contribution in [0.15, 0.2) is 120 Å². The van der Waals surface area contributed by atoms with Crippen LogP contribution in [0.3, 0.4) is 0 Å². The number of nitrogens with zero attached hydrogens (tertiary/aromatic N) is 2. The quantitative estimate of drug-likeness (QED) is 0.182. The van der Waals surface area contributed by atoms with Crippen LogP contribution in [0.5, 0.6) is 5.75 Å². The zero-order chi connectivity index (χ0) is 35.1. The molecular weight excluding hydrogens is 748 g/mol. The van der Waals surface area contributed by atoms with E-state index in [9.17, 15) is 18.3 Å². The Labute approximate surface area is 314 Å². The Hall–Kier alpha value is -3.97. The molecule has 4 nitrogen and oxygen atoms in total. The van der Waals surface area contributed by atoms with Crippen molar-refractivity contribution in [1.29, 1.82) is 0 Å². The van der Waals surface area contributed by atoms with E-state index in [2.05, 4.69) is 24.0 Å². The van der Waals surface area contributed by atoms with Crippen molar-refractivity contribution in [3.05, 3.63) is 161 Å². The first-order valence-corrected chi connectivity index (χ1v) is 15.5. The molecule has 0 amide bonds. The molecule has 0 bridgehead atoms. The normalized spacial score (nSPS) is 10.9. The van der Waals surface area contributed by atoms with Gasteiger partial charge in [-0.25, -0.2) is 0 Å². The molecule has 0 aliphatic rings. The van der Waals surface area contributed by atoms with Gasteiger partial charge in [0.15, 0.2) is 0 Å². The monoisotopic (exact) mass is 778 g/mol. The van der Waals surface area contributed by atoms with E-state index < -0.39 is 17.2 Å². The van der Waals surface area contributed by atoms with Crippen molar-refractivity contribution in [2.45, 2.75) is 32.4 Å². The molecule has 0 saturated heterocycles. The molecule has 0 spiro atoms. The van der Waals surface area contributed by atoms with Gasteiger partial charge in [-0.2, -0.15) is 67.4 Å². The number of hydrogen-bond donors (Lipinski definition) is 1. The molecule has 0 aliphatic carbocycles. The summed E-state index contributed by atoms with van der Waals surface area (Å²) in [6.07, 6.45) is -4.52. The molecule has 0 aliphatic heterocycles. The van der Waals surface area contributed by atoms with Crippen LogP contribution in [-0.4, -0.2) is 15.2 Å². The van der Waals surface area contributed by atoms with Crippen LogP contribution in [0, 0.1) is 13.8 Å². The number of aromatic hydroxyl groups is 1. The predicted octanol–water partition coefficient (Wildman–Crippen LogP) is 12.1. The summed E-state index contributed by atoms with van der Waals surface area (Å²) >= 11 is 12.5. The van der Waals surface area contributed by atoms with Gasteiger partial charge in [-0.15, -0.1) is 24.3 Å². The third-order valence-electron chi connectivity index (χ3n) is 7.01. The summed E-state index contributed by atoms with van der Waals surface area (Å²) in [5.41, 5.74) is 2.65. The average Bonchev–Trinajstić information content (AvgIpc) is 3.51.